The Morgan fingerprint density at radius 3 is 2.56 bits per heavy atom. The minimum atomic E-state index is -1.07. The van der Waals surface area contributed by atoms with Gasteiger partial charge in [0.05, 0.1) is 17.5 Å². The van der Waals surface area contributed by atoms with E-state index in [9.17, 15) is 9.18 Å². The zero-order valence-electron chi connectivity index (χ0n) is 8.09. The third-order valence-corrected chi connectivity index (χ3v) is 2.04. The van der Waals surface area contributed by atoms with Gasteiger partial charge in [0, 0.05) is 5.56 Å². The second-order valence-corrected chi connectivity index (χ2v) is 3.14. The second kappa shape index (κ2) is 4.06. The second-order valence-electron chi connectivity index (χ2n) is 3.14. The summed E-state index contributed by atoms with van der Waals surface area (Å²) in [6.45, 7) is 0. The molecule has 2 aromatic rings. The van der Waals surface area contributed by atoms with E-state index < -0.39 is 5.97 Å². The molecule has 1 N–H and O–H groups in total. The van der Waals surface area contributed by atoms with Crippen molar-refractivity contribution in [3.8, 4) is 11.3 Å². The topological polar surface area (TPSA) is 63.1 Å². The molecule has 0 unspecified atom stereocenters. The van der Waals surface area contributed by atoms with Gasteiger partial charge in [-0.2, -0.15) is 10.2 Å². The highest BCUT2D eigenvalue weighted by Crippen LogP contribution is 2.17. The van der Waals surface area contributed by atoms with Crippen LogP contribution in [0.3, 0.4) is 0 Å². The van der Waals surface area contributed by atoms with Crippen LogP contribution in [-0.4, -0.2) is 21.3 Å². The Hall–Kier alpha value is -2.30. The van der Waals surface area contributed by atoms with Gasteiger partial charge in [-0.05, 0) is 30.3 Å². The first-order valence-corrected chi connectivity index (χ1v) is 4.49. The van der Waals surface area contributed by atoms with E-state index in [4.69, 9.17) is 5.11 Å². The summed E-state index contributed by atoms with van der Waals surface area (Å²) in [6, 6.07) is 6.99. The highest BCUT2D eigenvalue weighted by molar-refractivity contribution is 5.88. The summed E-state index contributed by atoms with van der Waals surface area (Å²) >= 11 is 0. The molecule has 1 heterocycles. The van der Waals surface area contributed by atoms with Crippen LogP contribution in [0.1, 0.15) is 10.4 Å². The van der Waals surface area contributed by atoms with Crippen molar-refractivity contribution in [2.45, 2.75) is 0 Å². The fourth-order valence-electron chi connectivity index (χ4n) is 1.25. The van der Waals surface area contributed by atoms with E-state index >= 15 is 0 Å². The minimum absolute atomic E-state index is 0.0503. The van der Waals surface area contributed by atoms with Gasteiger partial charge in [0.2, 0.25) is 0 Å². The van der Waals surface area contributed by atoms with Gasteiger partial charge in [0.15, 0.2) is 0 Å². The quantitative estimate of drug-likeness (QED) is 0.837. The molecule has 2 rings (SSSR count). The Kier molecular flexibility index (Phi) is 2.59. The van der Waals surface area contributed by atoms with Gasteiger partial charge in [-0.3, -0.25) is 0 Å². The molecule has 0 amide bonds. The average Bonchev–Trinajstić information content (AvgIpc) is 2.30. The van der Waals surface area contributed by atoms with Crippen LogP contribution in [0.15, 0.2) is 36.5 Å². The lowest BCUT2D eigenvalue weighted by atomic mass is 10.1. The molecule has 0 aliphatic rings. The summed E-state index contributed by atoms with van der Waals surface area (Å²) in [6.07, 6.45) is 1.16. The van der Waals surface area contributed by atoms with E-state index in [-0.39, 0.29) is 11.4 Å². The lowest BCUT2D eigenvalue weighted by molar-refractivity contribution is 0.0696. The predicted octanol–water partition coefficient (Wildman–Crippen LogP) is 1.98. The summed E-state index contributed by atoms with van der Waals surface area (Å²) in [5.41, 5.74) is 1.08. The first-order valence-electron chi connectivity index (χ1n) is 4.49. The number of carboxylic acids is 1. The van der Waals surface area contributed by atoms with E-state index in [1.807, 2.05) is 0 Å². The molecular weight excluding hydrogens is 211 g/mol. The number of carbonyl (C=O) groups is 1. The maximum absolute atomic E-state index is 12.7. The van der Waals surface area contributed by atoms with Crippen LogP contribution in [0.5, 0.6) is 0 Å². The van der Waals surface area contributed by atoms with Crippen molar-refractivity contribution in [2.24, 2.45) is 0 Å². The Morgan fingerprint density at radius 2 is 1.94 bits per heavy atom. The zero-order valence-corrected chi connectivity index (χ0v) is 8.09. The van der Waals surface area contributed by atoms with Crippen LogP contribution in [0.2, 0.25) is 0 Å². The fraction of sp³-hybridized carbons (Fsp3) is 0. The van der Waals surface area contributed by atoms with Crippen molar-refractivity contribution >= 4 is 5.97 Å². The van der Waals surface area contributed by atoms with Crippen molar-refractivity contribution in [3.63, 3.8) is 0 Å². The number of aromatic carboxylic acids is 1. The highest BCUT2D eigenvalue weighted by atomic mass is 19.1. The first kappa shape index (κ1) is 10.2. The number of nitrogens with zero attached hydrogens (tertiary/aromatic N) is 2. The lowest BCUT2D eigenvalue weighted by Crippen LogP contribution is -1.99. The van der Waals surface area contributed by atoms with Crippen molar-refractivity contribution in [2.75, 3.05) is 0 Å². The van der Waals surface area contributed by atoms with Gasteiger partial charge in [-0.15, -0.1) is 0 Å². The molecule has 5 heteroatoms. The molecule has 0 fully saturated rings. The molecule has 16 heavy (non-hydrogen) atoms. The van der Waals surface area contributed by atoms with Crippen molar-refractivity contribution in [1.29, 1.82) is 0 Å². The number of rotatable bonds is 2. The van der Waals surface area contributed by atoms with Crippen LogP contribution in [0, 0.1) is 5.82 Å². The van der Waals surface area contributed by atoms with Gasteiger partial charge < -0.3 is 5.11 Å². The van der Waals surface area contributed by atoms with E-state index in [0.29, 0.717) is 11.3 Å². The first-order chi connectivity index (χ1) is 7.66. The Morgan fingerprint density at radius 1 is 1.25 bits per heavy atom. The Labute approximate surface area is 90.4 Å². The number of aromatic nitrogens is 2. The number of carboxylic acid groups (broad SMARTS) is 1. The SMILES string of the molecule is O=C(O)c1cnnc(-c2ccc(F)cc2)c1. The molecule has 0 atom stereocenters. The lowest BCUT2D eigenvalue weighted by Gasteiger charge is -2.00. The molecule has 0 saturated carbocycles. The van der Waals surface area contributed by atoms with E-state index in [2.05, 4.69) is 10.2 Å². The summed E-state index contributed by atoms with van der Waals surface area (Å²) in [7, 11) is 0. The van der Waals surface area contributed by atoms with Crippen molar-refractivity contribution in [1.82, 2.24) is 10.2 Å². The van der Waals surface area contributed by atoms with Gasteiger partial charge >= 0.3 is 5.97 Å². The van der Waals surface area contributed by atoms with Crippen molar-refractivity contribution in [3.05, 3.63) is 47.9 Å². The zero-order chi connectivity index (χ0) is 11.5. The maximum Gasteiger partial charge on any atom is 0.337 e. The molecule has 0 spiro atoms. The molecule has 0 bridgehead atoms. The molecule has 1 aromatic carbocycles. The van der Waals surface area contributed by atoms with Crippen LogP contribution in [0.25, 0.3) is 11.3 Å². The number of hydrogen-bond donors (Lipinski definition) is 1. The van der Waals surface area contributed by atoms with E-state index in [1.165, 1.54) is 30.3 Å². The Bertz CT molecular complexity index is 526. The molecular formula is C11H7FN2O2. The highest BCUT2D eigenvalue weighted by Gasteiger charge is 2.06. The summed E-state index contributed by atoms with van der Waals surface area (Å²) < 4.78 is 12.7. The average molecular weight is 218 g/mol. The molecule has 4 nitrogen and oxygen atoms in total. The Balaban J connectivity index is 2.44. The normalized spacial score (nSPS) is 10.1. The summed E-state index contributed by atoms with van der Waals surface area (Å²) in [5.74, 6) is -1.43. The standard InChI is InChI=1S/C11H7FN2O2/c12-9-3-1-7(2-4-9)10-5-8(11(15)16)6-13-14-10/h1-6H,(H,15,16). The molecule has 80 valence electrons. The molecule has 0 aliphatic carbocycles. The van der Waals surface area contributed by atoms with Gasteiger partial charge in [-0.25, -0.2) is 9.18 Å². The van der Waals surface area contributed by atoms with Gasteiger partial charge in [-0.1, -0.05) is 0 Å². The monoisotopic (exact) mass is 218 g/mol. The van der Waals surface area contributed by atoms with Crippen LogP contribution >= 0.6 is 0 Å². The third kappa shape index (κ3) is 2.03. The van der Waals surface area contributed by atoms with Crippen molar-refractivity contribution < 1.29 is 14.3 Å². The van der Waals surface area contributed by atoms with E-state index in [0.717, 1.165) is 6.20 Å². The molecule has 1 aromatic heterocycles. The fourth-order valence-corrected chi connectivity index (χ4v) is 1.25. The number of hydrogen-bond acceptors (Lipinski definition) is 3. The molecule has 0 radical (unpaired) electrons. The largest absolute Gasteiger partial charge is 0.478 e. The minimum Gasteiger partial charge on any atom is -0.478 e. The van der Waals surface area contributed by atoms with Crippen LogP contribution in [0.4, 0.5) is 4.39 Å². The van der Waals surface area contributed by atoms with Gasteiger partial charge in [0.1, 0.15) is 5.82 Å². The number of benzene rings is 1. The van der Waals surface area contributed by atoms with E-state index in [1.54, 1.807) is 0 Å². The summed E-state index contributed by atoms with van der Waals surface area (Å²) in [5, 5.41) is 16.1. The van der Waals surface area contributed by atoms with Crippen LogP contribution in [-0.2, 0) is 0 Å². The molecule has 0 aliphatic heterocycles. The number of halogens is 1. The molecule has 0 saturated heterocycles. The summed E-state index contributed by atoms with van der Waals surface area (Å²) in [4.78, 5) is 10.7. The third-order valence-electron chi connectivity index (χ3n) is 2.04. The van der Waals surface area contributed by atoms with Crippen LogP contribution < -0.4 is 0 Å². The smallest absolute Gasteiger partial charge is 0.337 e. The van der Waals surface area contributed by atoms with Gasteiger partial charge in [0.25, 0.3) is 0 Å². The predicted molar refractivity (Wildman–Crippen MR) is 54.4 cm³/mol. The maximum atomic E-state index is 12.7.